The number of ether oxygens (including phenoxy) is 1. The Hall–Kier alpha value is -1.00. The molecule has 1 heterocycles. The second-order valence-corrected chi connectivity index (χ2v) is 4.67. The van der Waals surface area contributed by atoms with Gasteiger partial charge < -0.3 is 9.84 Å². The van der Waals surface area contributed by atoms with Crippen molar-refractivity contribution < 1.29 is 18.6 Å². The number of hydrogen-bond donors (Lipinski definition) is 1. The highest BCUT2D eigenvalue weighted by molar-refractivity contribution is 5.27. The van der Waals surface area contributed by atoms with Gasteiger partial charge in [-0.2, -0.15) is 0 Å². The van der Waals surface area contributed by atoms with Crippen LogP contribution in [0.15, 0.2) is 12.1 Å². The summed E-state index contributed by atoms with van der Waals surface area (Å²) in [6, 6.07) is 2.16. The Morgan fingerprint density at radius 1 is 1.35 bits per heavy atom. The molecule has 0 amide bonds. The van der Waals surface area contributed by atoms with E-state index < -0.39 is 23.8 Å². The molecule has 0 spiro atoms. The summed E-state index contributed by atoms with van der Waals surface area (Å²) in [5, 5.41) is 10.1. The normalized spacial score (nSPS) is 26.2. The van der Waals surface area contributed by atoms with Crippen LogP contribution in [0.4, 0.5) is 8.78 Å². The Labute approximate surface area is 99.2 Å². The smallest absolute Gasteiger partial charge is 0.129 e. The number of hydrogen-bond acceptors (Lipinski definition) is 2. The van der Waals surface area contributed by atoms with E-state index in [-0.39, 0.29) is 17.0 Å². The Balaban J connectivity index is 2.30. The molecule has 94 valence electrons. The fourth-order valence-electron chi connectivity index (χ4n) is 2.19. The summed E-state index contributed by atoms with van der Waals surface area (Å²) in [6.45, 7) is 3.98. The second kappa shape index (κ2) is 4.70. The van der Waals surface area contributed by atoms with Crippen LogP contribution in [0.25, 0.3) is 0 Å². The number of aryl methyl sites for hydroxylation is 1. The number of aliphatic hydroxyl groups excluding tert-OH is 1. The van der Waals surface area contributed by atoms with Crippen molar-refractivity contribution in [2.75, 3.05) is 6.61 Å². The predicted octanol–water partition coefficient (Wildman–Crippen LogP) is 2.73. The summed E-state index contributed by atoms with van der Waals surface area (Å²) in [7, 11) is 0. The van der Waals surface area contributed by atoms with Crippen LogP contribution in [0, 0.1) is 24.5 Å². The first kappa shape index (κ1) is 12.5. The summed E-state index contributed by atoms with van der Waals surface area (Å²) in [6.07, 6.45) is -0.730. The standard InChI is InChI=1S/C13H16F2O2/c1-7-3-4-17-13(7)12(16)9-6-10(14)8(2)5-11(9)15/h5-7,12-13,16H,3-4H2,1-2H3. The SMILES string of the molecule is Cc1cc(F)c(C(O)C2OCCC2C)cc1F. The monoisotopic (exact) mass is 242 g/mol. The maximum atomic E-state index is 13.7. The lowest BCUT2D eigenvalue weighted by Gasteiger charge is -2.22. The van der Waals surface area contributed by atoms with E-state index in [1.54, 1.807) is 0 Å². The van der Waals surface area contributed by atoms with Crippen molar-refractivity contribution in [3.63, 3.8) is 0 Å². The first-order valence-corrected chi connectivity index (χ1v) is 5.76. The van der Waals surface area contributed by atoms with Crippen LogP contribution in [-0.2, 0) is 4.74 Å². The van der Waals surface area contributed by atoms with Crippen LogP contribution >= 0.6 is 0 Å². The minimum Gasteiger partial charge on any atom is -0.386 e. The van der Waals surface area contributed by atoms with E-state index in [4.69, 9.17) is 4.74 Å². The van der Waals surface area contributed by atoms with Crippen LogP contribution in [0.5, 0.6) is 0 Å². The van der Waals surface area contributed by atoms with E-state index in [2.05, 4.69) is 0 Å². The summed E-state index contributed by atoms with van der Waals surface area (Å²) in [5.74, 6) is -0.945. The summed E-state index contributed by atoms with van der Waals surface area (Å²) >= 11 is 0. The fraction of sp³-hybridized carbons (Fsp3) is 0.538. The summed E-state index contributed by atoms with van der Waals surface area (Å²) < 4.78 is 32.4. The molecule has 1 aliphatic rings. The Morgan fingerprint density at radius 3 is 2.65 bits per heavy atom. The van der Waals surface area contributed by atoms with Crippen molar-refractivity contribution in [3.8, 4) is 0 Å². The molecule has 1 aromatic carbocycles. The average molecular weight is 242 g/mol. The number of halogens is 2. The topological polar surface area (TPSA) is 29.5 Å². The van der Waals surface area contributed by atoms with Gasteiger partial charge in [-0.3, -0.25) is 0 Å². The third kappa shape index (κ3) is 2.33. The Bertz CT molecular complexity index is 420. The van der Waals surface area contributed by atoms with Crippen LogP contribution in [0.1, 0.15) is 30.6 Å². The van der Waals surface area contributed by atoms with Crippen LogP contribution in [-0.4, -0.2) is 17.8 Å². The molecule has 1 aromatic rings. The van der Waals surface area contributed by atoms with Crippen molar-refractivity contribution in [1.82, 2.24) is 0 Å². The zero-order valence-electron chi connectivity index (χ0n) is 9.91. The Kier molecular flexibility index (Phi) is 3.45. The first-order chi connectivity index (χ1) is 8.00. The highest BCUT2D eigenvalue weighted by atomic mass is 19.1. The number of benzene rings is 1. The van der Waals surface area contributed by atoms with Crippen molar-refractivity contribution in [1.29, 1.82) is 0 Å². The van der Waals surface area contributed by atoms with E-state index in [0.717, 1.165) is 18.6 Å². The zero-order chi connectivity index (χ0) is 12.6. The van der Waals surface area contributed by atoms with Crippen LogP contribution in [0.3, 0.4) is 0 Å². The van der Waals surface area contributed by atoms with Gasteiger partial charge in [-0.05, 0) is 37.0 Å². The second-order valence-electron chi connectivity index (χ2n) is 4.67. The lowest BCUT2D eigenvalue weighted by atomic mass is 9.94. The van der Waals surface area contributed by atoms with Crippen LogP contribution in [0.2, 0.25) is 0 Å². The molecule has 4 heteroatoms. The highest BCUT2D eigenvalue weighted by Crippen LogP contribution is 2.33. The fourth-order valence-corrected chi connectivity index (χ4v) is 2.19. The molecule has 3 atom stereocenters. The van der Waals surface area contributed by atoms with Gasteiger partial charge in [0.05, 0.1) is 6.10 Å². The summed E-state index contributed by atoms with van der Waals surface area (Å²) in [5.41, 5.74) is 0.214. The van der Waals surface area contributed by atoms with Gasteiger partial charge in [-0.25, -0.2) is 8.78 Å². The van der Waals surface area contributed by atoms with Gasteiger partial charge in [0.1, 0.15) is 17.7 Å². The largest absolute Gasteiger partial charge is 0.386 e. The highest BCUT2D eigenvalue weighted by Gasteiger charge is 2.33. The summed E-state index contributed by atoms with van der Waals surface area (Å²) in [4.78, 5) is 0. The van der Waals surface area contributed by atoms with Gasteiger partial charge in [0.15, 0.2) is 0 Å². The molecule has 2 rings (SSSR count). The first-order valence-electron chi connectivity index (χ1n) is 5.76. The molecule has 1 N–H and O–H groups in total. The molecule has 0 radical (unpaired) electrons. The van der Waals surface area contributed by atoms with Gasteiger partial charge in [-0.15, -0.1) is 0 Å². The van der Waals surface area contributed by atoms with Crippen molar-refractivity contribution >= 4 is 0 Å². The molecule has 2 nitrogen and oxygen atoms in total. The van der Waals surface area contributed by atoms with E-state index in [0.29, 0.717) is 6.61 Å². The molecule has 0 aromatic heterocycles. The number of aliphatic hydroxyl groups is 1. The molecule has 1 fully saturated rings. The molecule has 0 aliphatic carbocycles. The third-order valence-electron chi connectivity index (χ3n) is 3.35. The molecule has 1 saturated heterocycles. The minimum absolute atomic E-state index is 0.0214. The molecule has 3 unspecified atom stereocenters. The maximum Gasteiger partial charge on any atom is 0.129 e. The van der Waals surface area contributed by atoms with E-state index in [1.807, 2.05) is 6.92 Å². The van der Waals surface area contributed by atoms with Gasteiger partial charge in [0.25, 0.3) is 0 Å². The average Bonchev–Trinajstić information content (AvgIpc) is 2.69. The van der Waals surface area contributed by atoms with Gasteiger partial charge >= 0.3 is 0 Å². The van der Waals surface area contributed by atoms with Gasteiger partial charge in [-0.1, -0.05) is 6.92 Å². The van der Waals surface area contributed by atoms with E-state index in [1.165, 1.54) is 6.92 Å². The lowest BCUT2D eigenvalue weighted by Crippen LogP contribution is -2.24. The van der Waals surface area contributed by atoms with Crippen LogP contribution < -0.4 is 0 Å². The quantitative estimate of drug-likeness (QED) is 0.864. The molecule has 1 aliphatic heterocycles. The van der Waals surface area contributed by atoms with Gasteiger partial charge in [0.2, 0.25) is 0 Å². The zero-order valence-corrected chi connectivity index (χ0v) is 9.91. The lowest BCUT2D eigenvalue weighted by molar-refractivity contribution is -0.0195. The molecular formula is C13H16F2O2. The molecule has 0 bridgehead atoms. The third-order valence-corrected chi connectivity index (χ3v) is 3.35. The van der Waals surface area contributed by atoms with E-state index in [9.17, 15) is 13.9 Å². The van der Waals surface area contributed by atoms with Crippen molar-refractivity contribution in [2.24, 2.45) is 5.92 Å². The maximum absolute atomic E-state index is 13.7. The Morgan fingerprint density at radius 2 is 2.06 bits per heavy atom. The molecule has 0 saturated carbocycles. The molecule has 17 heavy (non-hydrogen) atoms. The minimum atomic E-state index is -1.11. The van der Waals surface area contributed by atoms with Crippen molar-refractivity contribution in [3.05, 3.63) is 34.9 Å². The van der Waals surface area contributed by atoms with Crippen molar-refractivity contribution in [2.45, 2.75) is 32.5 Å². The predicted molar refractivity (Wildman–Crippen MR) is 59.6 cm³/mol. The number of rotatable bonds is 2. The van der Waals surface area contributed by atoms with E-state index >= 15 is 0 Å². The molecular weight excluding hydrogens is 226 g/mol. The van der Waals surface area contributed by atoms with Gasteiger partial charge in [0, 0.05) is 12.2 Å².